The van der Waals surface area contributed by atoms with Gasteiger partial charge in [-0.3, -0.25) is 5.73 Å². The fourth-order valence-electron chi connectivity index (χ4n) is 0.830. The molecular weight excluding hydrogens is 174 g/mol. The highest BCUT2D eigenvalue weighted by Crippen LogP contribution is 2.15. The average Bonchev–Trinajstić information content (AvgIpc) is 2.03. The summed E-state index contributed by atoms with van der Waals surface area (Å²) in [6, 6.07) is 0. The maximum atomic E-state index is 5.81. The molecule has 0 radical (unpaired) electrons. The maximum absolute atomic E-state index is 5.81. The van der Waals surface area contributed by atoms with Crippen molar-refractivity contribution in [3.8, 4) is 0 Å². The van der Waals surface area contributed by atoms with Crippen molar-refractivity contribution >= 4 is 22.9 Å². The van der Waals surface area contributed by atoms with Crippen LogP contribution < -0.4 is 16.8 Å². The van der Waals surface area contributed by atoms with Crippen LogP contribution in [0.15, 0.2) is 9.98 Å². The summed E-state index contributed by atoms with van der Waals surface area (Å²) in [4.78, 5) is 8.17. The molecule has 5 nitrogen and oxygen atoms in total. The minimum Gasteiger partial charge on any atom is -0.370 e. The molecule has 0 spiro atoms. The van der Waals surface area contributed by atoms with Gasteiger partial charge >= 0.3 is 0 Å². The van der Waals surface area contributed by atoms with Crippen LogP contribution >= 0.6 is 11.8 Å². The van der Waals surface area contributed by atoms with Crippen molar-refractivity contribution < 1.29 is 0 Å². The normalized spacial score (nSPS) is 28.9. The Morgan fingerprint density at radius 2 is 2.25 bits per heavy atom. The van der Waals surface area contributed by atoms with Crippen molar-refractivity contribution in [2.45, 2.75) is 19.1 Å². The third-order valence-electron chi connectivity index (χ3n) is 1.56. The molecule has 0 amide bonds. The van der Waals surface area contributed by atoms with Crippen LogP contribution in [-0.2, 0) is 0 Å². The molecule has 0 bridgehead atoms. The van der Waals surface area contributed by atoms with E-state index < -0.39 is 5.79 Å². The molecule has 1 rings (SSSR count). The van der Waals surface area contributed by atoms with Gasteiger partial charge in [-0.1, -0.05) is 18.7 Å². The Hall–Kier alpha value is -0.750. The third kappa shape index (κ3) is 1.89. The lowest BCUT2D eigenvalue weighted by atomic mass is 10.3. The second-order valence-electron chi connectivity index (χ2n) is 2.48. The quantitative estimate of drug-likeness (QED) is 0.523. The largest absolute Gasteiger partial charge is 0.370 e. The summed E-state index contributed by atoms with van der Waals surface area (Å²) in [6.07, 6.45) is 2.54. The summed E-state index contributed by atoms with van der Waals surface area (Å²) in [5.74, 6) is -0.535. The minimum absolute atomic E-state index is 0.332. The molecule has 0 aromatic heterocycles. The van der Waals surface area contributed by atoms with Crippen LogP contribution in [0.3, 0.4) is 0 Å². The average molecular weight is 187 g/mol. The maximum Gasteiger partial charge on any atom is 0.208 e. The van der Waals surface area contributed by atoms with Crippen LogP contribution in [0.4, 0.5) is 0 Å². The number of amidine groups is 1. The third-order valence-corrected chi connectivity index (χ3v) is 2.14. The van der Waals surface area contributed by atoms with Gasteiger partial charge in [-0.2, -0.15) is 0 Å². The van der Waals surface area contributed by atoms with E-state index in [1.54, 1.807) is 0 Å². The van der Waals surface area contributed by atoms with Crippen LogP contribution in [0.1, 0.15) is 13.3 Å². The summed E-state index contributed by atoms with van der Waals surface area (Å²) < 4.78 is 0. The molecule has 1 aliphatic heterocycles. The van der Waals surface area contributed by atoms with Crippen LogP contribution in [0.2, 0.25) is 0 Å². The lowest BCUT2D eigenvalue weighted by Gasteiger charge is -2.25. The Bertz CT molecular complexity index is 236. The Balaban J connectivity index is 2.87. The van der Waals surface area contributed by atoms with Crippen LogP contribution in [0.5, 0.6) is 0 Å². The molecule has 1 atom stereocenters. The smallest absolute Gasteiger partial charge is 0.208 e. The van der Waals surface area contributed by atoms with Crippen molar-refractivity contribution in [3.05, 3.63) is 0 Å². The van der Waals surface area contributed by atoms with Gasteiger partial charge in [0.2, 0.25) is 5.79 Å². The predicted molar refractivity (Wildman–Crippen MR) is 52.9 cm³/mol. The lowest BCUT2D eigenvalue weighted by molar-refractivity contribution is 0.446. The number of nitrogens with zero attached hydrogens (tertiary/aromatic N) is 2. The molecule has 0 saturated heterocycles. The molecule has 0 fully saturated rings. The highest BCUT2D eigenvalue weighted by atomic mass is 32.2. The van der Waals surface area contributed by atoms with Crippen LogP contribution in [0, 0.1) is 0 Å². The van der Waals surface area contributed by atoms with Gasteiger partial charge in [-0.25, -0.2) is 9.98 Å². The number of rotatable bonds is 1. The molecule has 1 aliphatic rings. The first-order valence-electron chi connectivity index (χ1n) is 3.64. The molecule has 6 heteroatoms. The molecule has 0 saturated carbocycles. The zero-order valence-corrected chi connectivity index (χ0v) is 7.98. The van der Waals surface area contributed by atoms with E-state index in [0.717, 1.165) is 0 Å². The molecule has 12 heavy (non-hydrogen) atoms. The second kappa shape index (κ2) is 3.32. The van der Waals surface area contributed by atoms with E-state index in [4.69, 9.17) is 11.5 Å². The highest BCUT2D eigenvalue weighted by Gasteiger charge is 2.25. The molecule has 0 aliphatic carbocycles. The first-order chi connectivity index (χ1) is 5.59. The number of guanidine groups is 1. The monoisotopic (exact) mass is 187 g/mol. The SMILES string of the molecule is CCC1(N)N=C(N)NC(SC)=N1. The molecule has 0 aromatic carbocycles. The molecule has 5 N–H and O–H groups in total. The van der Waals surface area contributed by atoms with Crippen molar-refractivity contribution in [3.63, 3.8) is 0 Å². The fourth-order valence-corrected chi connectivity index (χ4v) is 1.29. The topological polar surface area (TPSA) is 88.8 Å². The van der Waals surface area contributed by atoms with Crippen LogP contribution in [-0.4, -0.2) is 23.2 Å². The molecular formula is C6H13N5S. The first-order valence-corrected chi connectivity index (χ1v) is 4.87. The Morgan fingerprint density at radius 1 is 1.58 bits per heavy atom. The molecule has 68 valence electrons. The number of aliphatic imine (C=N–C) groups is 2. The number of thioether (sulfide) groups is 1. The Kier molecular flexibility index (Phi) is 2.58. The van der Waals surface area contributed by atoms with E-state index in [0.29, 0.717) is 17.5 Å². The summed E-state index contributed by atoms with van der Waals surface area (Å²) >= 11 is 1.47. The first kappa shape index (κ1) is 9.34. The molecule has 0 aromatic rings. The van der Waals surface area contributed by atoms with E-state index in [-0.39, 0.29) is 0 Å². The van der Waals surface area contributed by atoms with Gasteiger partial charge in [-0.15, -0.1) is 0 Å². The van der Waals surface area contributed by atoms with Gasteiger partial charge in [-0.05, 0) is 6.26 Å². The van der Waals surface area contributed by atoms with E-state index in [1.165, 1.54) is 11.8 Å². The Labute approximate surface area is 75.7 Å². The lowest BCUT2D eigenvalue weighted by Crippen LogP contribution is -2.48. The van der Waals surface area contributed by atoms with Gasteiger partial charge in [0.05, 0.1) is 0 Å². The van der Waals surface area contributed by atoms with Crippen LogP contribution in [0.25, 0.3) is 0 Å². The van der Waals surface area contributed by atoms with Crippen molar-refractivity contribution in [2.75, 3.05) is 6.26 Å². The van der Waals surface area contributed by atoms with Gasteiger partial charge < -0.3 is 11.1 Å². The summed E-state index contributed by atoms with van der Waals surface area (Å²) in [5.41, 5.74) is 11.3. The minimum atomic E-state index is -0.867. The van der Waals surface area contributed by atoms with Crippen molar-refractivity contribution in [1.29, 1.82) is 0 Å². The second-order valence-corrected chi connectivity index (χ2v) is 3.27. The summed E-state index contributed by atoms with van der Waals surface area (Å²) in [5, 5.41) is 3.53. The zero-order valence-electron chi connectivity index (χ0n) is 7.16. The van der Waals surface area contributed by atoms with E-state index in [1.807, 2.05) is 13.2 Å². The predicted octanol–water partition coefficient (Wildman–Crippen LogP) is -0.354. The van der Waals surface area contributed by atoms with Crippen molar-refractivity contribution in [1.82, 2.24) is 5.32 Å². The number of hydrogen-bond donors (Lipinski definition) is 3. The fraction of sp³-hybridized carbons (Fsp3) is 0.667. The van der Waals surface area contributed by atoms with Gasteiger partial charge in [0, 0.05) is 6.42 Å². The zero-order chi connectivity index (χ0) is 9.19. The van der Waals surface area contributed by atoms with Gasteiger partial charge in [0.15, 0.2) is 11.1 Å². The summed E-state index contributed by atoms with van der Waals surface area (Å²) in [7, 11) is 0. The van der Waals surface area contributed by atoms with Crippen molar-refractivity contribution in [2.24, 2.45) is 21.5 Å². The number of nitrogens with one attached hydrogen (secondary N) is 1. The van der Waals surface area contributed by atoms with E-state index in [2.05, 4.69) is 15.3 Å². The van der Waals surface area contributed by atoms with E-state index in [9.17, 15) is 0 Å². The van der Waals surface area contributed by atoms with Gasteiger partial charge in [0.1, 0.15) is 0 Å². The molecule has 1 heterocycles. The molecule has 1 unspecified atom stereocenters. The summed E-state index contributed by atoms with van der Waals surface area (Å²) in [6.45, 7) is 1.92. The Morgan fingerprint density at radius 3 is 2.75 bits per heavy atom. The van der Waals surface area contributed by atoms with E-state index >= 15 is 0 Å². The number of nitrogens with two attached hydrogens (primary N) is 2. The standard InChI is InChI=1S/C6H13N5S/c1-3-6(8)10-4(7)9-5(11-6)12-2/h3,8H2,1-2H3,(H3,7,9,10,11). The van der Waals surface area contributed by atoms with Gasteiger partial charge in [0.25, 0.3) is 0 Å². The number of hydrogen-bond acceptors (Lipinski definition) is 6. The highest BCUT2D eigenvalue weighted by molar-refractivity contribution is 8.13.